The van der Waals surface area contributed by atoms with Gasteiger partial charge in [-0.3, -0.25) is 0 Å². The van der Waals surface area contributed by atoms with Gasteiger partial charge in [0.1, 0.15) is 22.5 Å². The molecule has 10 aromatic rings. The number of thiophene rings is 1. The van der Waals surface area contributed by atoms with E-state index in [0.717, 1.165) is 73.9 Å². The number of fused-ring (bicyclic) bond motifs is 9. The molecule has 0 bridgehead atoms. The maximum atomic E-state index is 6.54. The Labute approximate surface area is 296 Å². The Hall–Kier alpha value is -6.37. The molecule has 0 aliphatic heterocycles. The largest absolute Gasteiger partial charge is 0.456 e. The van der Waals surface area contributed by atoms with E-state index in [4.69, 9.17) is 23.8 Å². The number of aromatic nitrogens is 3. The summed E-state index contributed by atoms with van der Waals surface area (Å²) in [6.07, 6.45) is 6.32. The van der Waals surface area contributed by atoms with Crippen LogP contribution in [0.5, 0.6) is 0 Å². The van der Waals surface area contributed by atoms with Gasteiger partial charge in [0.15, 0.2) is 17.5 Å². The number of furan rings is 2. The summed E-state index contributed by atoms with van der Waals surface area (Å²) >= 11 is 1.80. The Kier molecular flexibility index (Phi) is 6.18. The van der Waals surface area contributed by atoms with E-state index in [0.29, 0.717) is 17.5 Å². The molecule has 0 unspecified atom stereocenters. The van der Waals surface area contributed by atoms with Crippen molar-refractivity contribution in [3.05, 3.63) is 145 Å². The molecule has 11 rings (SSSR count). The van der Waals surface area contributed by atoms with Crippen LogP contribution < -0.4 is 0 Å². The van der Waals surface area contributed by atoms with E-state index in [1.165, 1.54) is 31.1 Å². The summed E-state index contributed by atoms with van der Waals surface area (Å²) in [7, 11) is 0. The van der Waals surface area contributed by atoms with E-state index in [1.54, 1.807) is 11.3 Å². The van der Waals surface area contributed by atoms with Gasteiger partial charge >= 0.3 is 0 Å². The number of aryl methyl sites for hydroxylation is 1. The molecule has 0 amide bonds. The topological polar surface area (TPSA) is 65.0 Å². The summed E-state index contributed by atoms with van der Waals surface area (Å²) in [5.74, 6) is 2.81. The Morgan fingerprint density at radius 3 is 2.10 bits per heavy atom. The van der Waals surface area contributed by atoms with Gasteiger partial charge in [-0.2, -0.15) is 0 Å². The van der Waals surface area contributed by atoms with E-state index < -0.39 is 0 Å². The van der Waals surface area contributed by atoms with Crippen LogP contribution in [0.15, 0.2) is 142 Å². The lowest BCUT2D eigenvalue weighted by molar-refractivity contribution is 0.595. The first-order valence-corrected chi connectivity index (χ1v) is 18.0. The lowest BCUT2D eigenvalue weighted by atomic mass is 9.95. The molecule has 0 saturated carbocycles. The van der Waals surface area contributed by atoms with Crippen molar-refractivity contribution < 1.29 is 8.83 Å². The number of benzene rings is 6. The summed E-state index contributed by atoms with van der Waals surface area (Å²) in [6.45, 7) is 0. The highest BCUT2D eigenvalue weighted by Crippen LogP contribution is 2.43. The van der Waals surface area contributed by atoms with Crippen molar-refractivity contribution >= 4 is 70.5 Å². The van der Waals surface area contributed by atoms with Crippen molar-refractivity contribution in [3.8, 4) is 45.3 Å². The first kappa shape index (κ1) is 28.5. The van der Waals surface area contributed by atoms with Crippen LogP contribution in [0.4, 0.5) is 0 Å². The van der Waals surface area contributed by atoms with E-state index >= 15 is 0 Å². The van der Waals surface area contributed by atoms with Crippen molar-refractivity contribution in [2.75, 3.05) is 0 Å². The molecule has 1 aliphatic carbocycles. The van der Waals surface area contributed by atoms with Gasteiger partial charge in [-0.1, -0.05) is 91.0 Å². The minimum absolute atomic E-state index is 0.596. The Balaban J connectivity index is 1.14. The standard InChI is InChI=1S/C45H27N3O2S/c1-2-10-26(11-3-1)43-46-44(28-21-23-40-34(24-28)32-13-5-7-19-39(32)51-40)48-45(47-43)33-15-9-18-37-42(33)41-29(14-8-17-36(41)50-37)27-20-22-31-30-12-4-6-16-35(30)49-38(31)25-27/h1-3,5-11,13-25H,4,12H2. The molecule has 0 atom stereocenters. The fraction of sp³-hybridized carbons (Fsp3) is 0.0444. The van der Waals surface area contributed by atoms with Crippen molar-refractivity contribution in [1.29, 1.82) is 0 Å². The van der Waals surface area contributed by atoms with Gasteiger partial charge in [0.05, 0.1) is 0 Å². The van der Waals surface area contributed by atoms with Crippen LogP contribution in [0.1, 0.15) is 17.7 Å². The normalized spacial score (nSPS) is 12.9. The number of nitrogens with zero attached hydrogens (tertiary/aromatic N) is 3. The molecule has 0 N–H and O–H groups in total. The van der Waals surface area contributed by atoms with Crippen LogP contribution in [0.2, 0.25) is 0 Å². The molecule has 4 heterocycles. The highest BCUT2D eigenvalue weighted by atomic mass is 32.1. The van der Waals surface area contributed by atoms with Crippen molar-refractivity contribution in [2.45, 2.75) is 12.8 Å². The molecule has 5 nitrogen and oxygen atoms in total. The molecular weight excluding hydrogens is 647 g/mol. The molecular formula is C45H27N3O2S. The maximum absolute atomic E-state index is 6.54. The molecule has 1 aliphatic rings. The van der Waals surface area contributed by atoms with Gasteiger partial charge in [-0.05, 0) is 72.5 Å². The zero-order chi connectivity index (χ0) is 33.5. The second-order valence-corrected chi connectivity index (χ2v) is 14.1. The van der Waals surface area contributed by atoms with E-state index in [-0.39, 0.29) is 0 Å². The van der Waals surface area contributed by atoms with E-state index in [2.05, 4.69) is 91.0 Å². The lowest BCUT2D eigenvalue weighted by Crippen LogP contribution is -2.00. The molecule has 240 valence electrons. The Bertz CT molecular complexity index is 3040. The van der Waals surface area contributed by atoms with Gasteiger partial charge in [-0.15, -0.1) is 11.3 Å². The van der Waals surface area contributed by atoms with Crippen LogP contribution in [0, 0.1) is 0 Å². The summed E-state index contributed by atoms with van der Waals surface area (Å²) in [5.41, 5.74) is 8.68. The molecule has 0 fully saturated rings. The average molecular weight is 674 g/mol. The van der Waals surface area contributed by atoms with Gasteiger partial charge in [0.2, 0.25) is 0 Å². The SMILES string of the molecule is C1=Cc2oc3cc(-c4cccc5oc6cccc(-c7nc(-c8ccccc8)nc(-c8ccc9sc%10ccccc%10c9c8)n7)c6c45)ccc3c2CC1. The third-order valence-corrected chi connectivity index (χ3v) is 11.2. The van der Waals surface area contributed by atoms with Crippen molar-refractivity contribution in [1.82, 2.24) is 15.0 Å². The molecule has 0 saturated heterocycles. The second-order valence-electron chi connectivity index (χ2n) is 13.0. The predicted octanol–water partition coefficient (Wildman–Crippen LogP) is 12.5. The molecule has 6 heteroatoms. The highest BCUT2D eigenvalue weighted by Gasteiger charge is 2.21. The van der Waals surface area contributed by atoms with Gasteiger partial charge in [-0.25, -0.2) is 15.0 Å². The molecule has 51 heavy (non-hydrogen) atoms. The third kappa shape index (κ3) is 4.50. The highest BCUT2D eigenvalue weighted by molar-refractivity contribution is 7.25. The summed E-state index contributed by atoms with van der Waals surface area (Å²) < 4.78 is 15.4. The van der Waals surface area contributed by atoms with Gasteiger partial charge < -0.3 is 8.83 Å². The number of hydrogen-bond donors (Lipinski definition) is 0. The molecule has 4 aromatic heterocycles. The Morgan fingerprint density at radius 1 is 0.490 bits per heavy atom. The minimum atomic E-state index is 0.596. The zero-order valence-electron chi connectivity index (χ0n) is 27.3. The first-order valence-electron chi connectivity index (χ1n) is 17.2. The zero-order valence-corrected chi connectivity index (χ0v) is 28.1. The molecule has 6 aromatic carbocycles. The van der Waals surface area contributed by atoms with Crippen LogP contribution >= 0.6 is 11.3 Å². The van der Waals surface area contributed by atoms with Crippen molar-refractivity contribution in [3.63, 3.8) is 0 Å². The monoisotopic (exact) mass is 673 g/mol. The summed E-state index contributed by atoms with van der Waals surface area (Å²) in [6, 6.07) is 44.1. The van der Waals surface area contributed by atoms with Crippen molar-refractivity contribution in [2.24, 2.45) is 0 Å². The third-order valence-electron chi connectivity index (χ3n) is 10.0. The van der Waals surface area contributed by atoms with E-state index in [9.17, 15) is 0 Å². The van der Waals surface area contributed by atoms with Crippen LogP contribution in [0.25, 0.3) is 104 Å². The fourth-order valence-corrected chi connectivity index (χ4v) is 8.73. The minimum Gasteiger partial charge on any atom is -0.456 e. The fourth-order valence-electron chi connectivity index (χ4n) is 7.65. The summed E-state index contributed by atoms with van der Waals surface area (Å²) in [4.78, 5) is 15.4. The number of allylic oxidation sites excluding steroid dienone is 1. The summed E-state index contributed by atoms with van der Waals surface area (Å²) in [5, 5.41) is 5.62. The number of hydrogen-bond acceptors (Lipinski definition) is 6. The molecule has 0 radical (unpaired) electrons. The van der Waals surface area contributed by atoms with E-state index in [1.807, 2.05) is 48.5 Å². The number of rotatable bonds is 4. The average Bonchev–Trinajstić information content (AvgIpc) is 3.88. The lowest BCUT2D eigenvalue weighted by Gasteiger charge is -2.10. The first-order chi connectivity index (χ1) is 25.2. The predicted molar refractivity (Wildman–Crippen MR) is 209 cm³/mol. The second kappa shape index (κ2) is 11.1. The van der Waals surface area contributed by atoms with Crippen LogP contribution in [-0.4, -0.2) is 15.0 Å². The van der Waals surface area contributed by atoms with Gasteiger partial charge in [0, 0.05) is 58.6 Å². The molecule has 0 spiro atoms. The van der Waals surface area contributed by atoms with Crippen LogP contribution in [-0.2, 0) is 6.42 Å². The van der Waals surface area contributed by atoms with Crippen LogP contribution in [0.3, 0.4) is 0 Å². The smallest absolute Gasteiger partial charge is 0.164 e. The van der Waals surface area contributed by atoms with Gasteiger partial charge in [0.25, 0.3) is 0 Å². The quantitative estimate of drug-likeness (QED) is 0.186. The Morgan fingerprint density at radius 2 is 1.22 bits per heavy atom. The maximum Gasteiger partial charge on any atom is 0.164 e.